The molecule has 0 aliphatic heterocycles. The van der Waals surface area contributed by atoms with E-state index in [4.69, 9.17) is 28.5 Å². The molecule has 0 saturated carbocycles. The van der Waals surface area contributed by atoms with E-state index >= 15 is 0 Å². The van der Waals surface area contributed by atoms with Crippen molar-refractivity contribution in [3.05, 3.63) is 28.0 Å². The molecule has 3 nitrogen and oxygen atoms in total. The highest BCUT2D eigenvalue weighted by atomic mass is 35.5. The SMILES string of the molecule is N#Cc1c(Cl)nc2[nH]ccc2c1Cl. The summed E-state index contributed by atoms with van der Waals surface area (Å²) in [6.07, 6.45) is 1.70. The Balaban J connectivity index is 2.95. The minimum Gasteiger partial charge on any atom is -0.346 e. The van der Waals surface area contributed by atoms with E-state index in [1.165, 1.54) is 0 Å². The maximum Gasteiger partial charge on any atom is 0.150 e. The third-order valence-corrected chi connectivity index (χ3v) is 2.38. The summed E-state index contributed by atoms with van der Waals surface area (Å²) in [6, 6.07) is 3.66. The minimum absolute atomic E-state index is 0.127. The topological polar surface area (TPSA) is 52.5 Å². The number of hydrogen-bond acceptors (Lipinski definition) is 2. The van der Waals surface area contributed by atoms with Crippen LogP contribution in [0.1, 0.15) is 5.56 Å². The molecule has 2 aromatic heterocycles. The van der Waals surface area contributed by atoms with E-state index in [0.29, 0.717) is 16.1 Å². The van der Waals surface area contributed by atoms with Crippen molar-refractivity contribution in [3.8, 4) is 6.07 Å². The largest absolute Gasteiger partial charge is 0.346 e. The van der Waals surface area contributed by atoms with Gasteiger partial charge in [-0.1, -0.05) is 23.2 Å². The monoisotopic (exact) mass is 211 g/mol. The molecule has 0 spiro atoms. The number of aromatic amines is 1. The molecule has 0 radical (unpaired) electrons. The molecule has 0 bridgehead atoms. The molecule has 13 heavy (non-hydrogen) atoms. The van der Waals surface area contributed by atoms with Crippen molar-refractivity contribution >= 4 is 34.2 Å². The number of nitrogens with one attached hydrogen (secondary N) is 1. The number of aromatic nitrogens is 2. The Kier molecular flexibility index (Phi) is 1.87. The summed E-state index contributed by atoms with van der Waals surface area (Å²) in [4.78, 5) is 6.83. The van der Waals surface area contributed by atoms with Crippen LogP contribution >= 0.6 is 23.2 Å². The Bertz CT molecular complexity index is 510. The lowest BCUT2D eigenvalue weighted by Crippen LogP contribution is -1.86. The average Bonchev–Trinajstić information content (AvgIpc) is 2.53. The lowest BCUT2D eigenvalue weighted by molar-refractivity contribution is 1.31. The van der Waals surface area contributed by atoms with E-state index in [-0.39, 0.29) is 10.7 Å². The predicted molar refractivity (Wildman–Crippen MR) is 50.8 cm³/mol. The molecule has 2 rings (SSSR count). The minimum atomic E-state index is 0.127. The summed E-state index contributed by atoms with van der Waals surface area (Å²) >= 11 is 11.6. The second-order valence-electron chi connectivity index (χ2n) is 2.44. The van der Waals surface area contributed by atoms with Crippen LogP contribution in [0.2, 0.25) is 10.2 Å². The van der Waals surface area contributed by atoms with Gasteiger partial charge in [0.15, 0.2) is 5.15 Å². The van der Waals surface area contributed by atoms with Crippen LogP contribution in [-0.4, -0.2) is 9.97 Å². The zero-order valence-electron chi connectivity index (χ0n) is 6.31. The van der Waals surface area contributed by atoms with E-state index in [9.17, 15) is 0 Å². The highest BCUT2D eigenvalue weighted by Crippen LogP contribution is 2.29. The molecule has 0 atom stereocenters. The number of pyridine rings is 1. The first-order chi connectivity index (χ1) is 6.24. The Morgan fingerprint density at radius 2 is 2.23 bits per heavy atom. The van der Waals surface area contributed by atoms with Gasteiger partial charge in [0.2, 0.25) is 0 Å². The molecule has 0 fully saturated rings. The molecule has 5 heteroatoms. The number of H-pyrrole nitrogens is 1. The van der Waals surface area contributed by atoms with Gasteiger partial charge < -0.3 is 4.98 Å². The second-order valence-corrected chi connectivity index (χ2v) is 3.18. The number of halogens is 2. The summed E-state index contributed by atoms with van der Waals surface area (Å²) in [5.41, 5.74) is 0.810. The summed E-state index contributed by atoms with van der Waals surface area (Å²) in [5, 5.41) is 9.91. The van der Waals surface area contributed by atoms with E-state index in [1.54, 1.807) is 12.3 Å². The van der Waals surface area contributed by atoms with Crippen LogP contribution in [0.4, 0.5) is 0 Å². The van der Waals surface area contributed by atoms with Gasteiger partial charge in [-0.3, -0.25) is 0 Å². The van der Waals surface area contributed by atoms with E-state index in [2.05, 4.69) is 9.97 Å². The Morgan fingerprint density at radius 3 is 2.92 bits per heavy atom. The third-order valence-electron chi connectivity index (χ3n) is 1.71. The zero-order valence-corrected chi connectivity index (χ0v) is 7.82. The fourth-order valence-electron chi connectivity index (χ4n) is 1.10. The maximum absolute atomic E-state index is 8.73. The van der Waals surface area contributed by atoms with Gasteiger partial charge in [-0.05, 0) is 6.07 Å². The van der Waals surface area contributed by atoms with Crippen LogP contribution in [0.25, 0.3) is 11.0 Å². The second kappa shape index (κ2) is 2.91. The molecular weight excluding hydrogens is 209 g/mol. The van der Waals surface area contributed by atoms with Crippen molar-refractivity contribution in [2.24, 2.45) is 0 Å². The average molecular weight is 212 g/mol. The van der Waals surface area contributed by atoms with Gasteiger partial charge in [-0.15, -0.1) is 0 Å². The molecule has 2 heterocycles. The molecule has 64 valence electrons. The standard InChI is InChI=1S/C8H3Cl2N3/c9-6-4-1-2-12-8(4)13-7(10)5(6)3-11/h1-2H,(H,12,13). The maximum atomic E-state index is 8.73. The van der Waals surface area contributed by atoms with E-state index < -0.39 is 0 Å². The van der Waals surface area contributed by atoms with Crippen LogP contribution in [0.5, 0.6) is 0 Å². The normalized spacial score (nSPS) is 10.2. The van der Waals surface area contributed by atoms with Crippen LogP contribution in [0, 0.1) is 11.3 Å². The quantitative estimate of drug-likeness (QED) is 0.682. The Morgan fingerprint density at radius 1 is 1.46 bits per heavy atom. The van der Waals surface area contributed by atoms with Crippen molar-refractivity contribution in [2.45, 2.75) is 0 Å². The highest BCUT2D eigenvalue weighted by molar-refractivity contribution is 6.39. The van der Waals surface area contributed by atoms with E-state index in [1.807, 2.05) is 6.07 Å². The van der Waals surface area contributed by atoms with E-state index in [0.717, 1.165) is 0 Å². The van der Waals surface area contributed by atoms with Gasteiger partial charge in [0.05, 0.1) is 5.02 Å². The molecule has 2 aromatic rings. The zero-order chi connectivity index (χ0) is 9.42. The van der Waals surface area contributed by atoms with Crippen molar-refractivity contribution in [2.75, 3.05) is 0 Å². The molecule has 0 aliphatic carbocycles. The lowest BCUT2D eigenvalue weighted by atomic mass is 10.2. The van der Waals surface area contributed by atoms with Gasteiger partial charge in [0.1, 0.15) is 17.3 Å². The molecule has 0 unspecified atom stereocenters. The van der Waals surface area contributed by atoms with Crippen molar-refractivity contribution in [1.82, 2.24) is 9.97 Å². The smallest absolute Gasteiger partial charge is 0.150 e. The Hall–Kier alpha value is -1.24. The number of nitrogens with zero attached hydrogens (tertiary/aromatic N) is 2. The fourth-order valence-corrected chi connectivity index (χ4v) is 1.66. The van der Waals surface area contributed by atoms with Gasteiger partial charge in [-0.25, -0.2) is 4.98 Å². The van der Waals surface area contributed by atoms with Gasteiger partial charge in [-0.2, -0.15) is 5.26 Å². The summed E-state index contributed by atoms with van der Waals surface area (Å²) in [7, 11) is 0. The van der Waals surface area contributed by atoms with Crippen LogP contribution in [0.3, 0.4) is 0 Å². The first kappa shape index (κ1) is 8.36. The van der Waals surface area contributed by atoms with Crippen LogP contribution in [-0.2, 0) is 0 Å². The van der Waals surface area contributed by atoms with Crippen molar-refractivity contribution in [3.63, 3.8) is 0 Å². The summed E-state index contributed by atoms with van der Waals surface area (Å²) < 4.78 is 0. The molecule has 0 amide bonds. The van der Waals surface area contributed by atoms with Gasteiger partial charge in [0.25, 0.3) is 0 Å². The first-order valence-corrected chi connectivity index (χ1v) is 4.22. The molecule has 1 N–H and O–H groups in total. The molecular formula is C8H3Cl2N3. The lowest BCUT2D eigenvalue weighted by Gasteiger charge is -1.98. The van der Waals surface area contributed by atoms with Crippen LogP contribution in [0.15, 0.2) is 12.3 Å². The fraction of sp³-hybridized carbons (Fsp3) is 0. The third kappa shape index (κ3) is 1.15. The van der Waals surface area contributed by atoms with Gasteiger partial charge in [0, 0.05) is 11.6 Å². The first-order valence-electron chi connectivity index (χ1n) is 3.46. The highest BCUT2D eigenvalue weighted by Gasteiger charge is 2.11. The number of rotatable bonds is 0. The molecule has 0 aliphatic rings. The number of hydrogen-bond donors (Lipinski definition) is 1. The Labute approximate surface area is 83.9 Å². The molecule has 0 saturated heterocycles. The van der Waals surface area contributed by atoms with Crippen LogP contribution < -0.4 is 0 Å². The summed E-state index contributed by atoms with van der Waals surface area (Å²) in [6.45, 7) is 0. The molecule has 0 aromatic carbocycles. The summed E-state index contributed by atoms with van der Waals surface area (Å²) in [5.74, 6) is 0. The predicted octanol–water partition coefficient (Wildman–Crippen LogP) is 2.74. The van der Waals surface area contributed by atoms with Crippen molar-refractivity contribution < 1.29 is 0 Å². The van der Waals surface area contributed by atoms with Crippen molar-refractivity contribution in [1.29, 1.82) is 5.26 Å². The number of nitriles is 1. The van der Waals surface area contributed by atoms with Gasteiger partial charge >= 0.3 is 0 Å². The number of fused-ring (bicyclic) bond motifs is 1.